The number of fused-ring (bicyclic) bond motifs is 1. The zero-order chi connectivity index (χ0) is 12.7. The summed E-state index contributed by atoms with van der Waals surface area (Å²) in [6.07, 6.45) is 0. The molecule has 1 aliphatic rings. The highest BCUT2D eigenvalue weighted by atomic mass is 32.1. The predicted molar refractivity (Wildman–Crippen MR) is 67.8 cm³/mol. The fraction of sp³-hybridized carbons (Fsp3) is 0.182. The van der Waals surface area contributed by atoms with E-state index in [4.69, 9.17) is 23.7 Å². The molecule has 1 heterocycles. The topological polar surface area (TPSA) is 89.4 Å². The van der Waals surface area contributed by atoms with Crippen LogP contribution in [0.4, 0.5) is 10.5 Å². The van der Waals surface area contributed by atoms with Gasteiger partial charge in [-0.15, -0.1) is 0 Å². The van der Waals surface area contributed by atoms with Crippen molar-refractivity contribution >= 4 is 34.8 Å². The number of anilines is 1. The third-order valence-electron chi connectivity index (χ3n) is 2.71. The smallest absolute Gasteiger partial charge is 0.324 e. The molecule has 5 nitrogen and oxygen atoms in total. The molecule has 0 aromatic heterocycles. The summed E-state index contributed by atoms with van der Waals surface area (Å²) in [6.45, 7) is 1.88. The van der Waals surface area contributed by atoms with Gasteiger partial charge in [0.1, 0.15) is 10.9 Å². The van der Waals surface area contributed by atoms with Gasteiger partial charge in [0.15, 0.2) is 0 Å². The first-order valence-corrected chi connectivity index (χ1v) is 5.37. The second-order valence-electron chi connectivity index (χ2n) is 3.91. The average molecular weight is 249 g/mol. The molecule has 6 heteroatoms. The Hall–Kier alpha value is -1.95. The van der Waals surface area contributed by atoms with Crippen molar-refractivity contribution in [1.29, 1.82) is 0 Å². The summed E-state index contributed by atoms with van der Waals surface area (Å²) < 4.78 is 0. The Balaban J connectivity index is 2.65. The van der Waals surface area contributed by atoms with E-state index in [0.29, 0.717) is 11.3 Å². The molecule has 1 aliphatic heterocycles. The van der Waals surface area contributed by atoms with Gasteiger partial charge >= 0.3 is 6.03 Å². The lowest BCUT2D eigenvalue weighted by molar-refractivity contribution is -0.117. The van der Waals surface area contributed by atoms with E-state index in [2.05, 4.69) is 0 Å². The van der Waals surface area contributed by atoms with Gasteiger partial charge < -0.3 is 11.5 Å². The van der Waals surface area contributed by atoms with Crippen LogP contribution < -0.4 is 16.4 Å². The zero-order valence-corrected chi connectivity index (χ0v) is 9.95. The second kappa shape index (κ2) is 3.81. The van der Waals surface area contributed by atoms with E-state index in [1.165, 1.54) is 0 Å². The molecule has 3 amide bonds. The number of primary amides is 2. The molecule has 0 saturated heterocycles. The van der Waals surface area contributed by atoms with Crippen molar-refractivity contribution in [3.63, 3.8) is 0 Å². The third kappa shape index (κ3) is 1.66. The Morgan fingerprint density at radius 3 is 2.53 bits per heavy atom. The summed E-state index contributed by atoms with van der Waals surface area (Å²) in [4.78, 5) is 24.1. The molecule has 2 rings (SSSR count). The van der Waals surface area contributed by atoms with Gasteiger partial charge in [-0.1, -0.05) is 24.4 Å². The van der Waals surface area contributed by atoms with E-state index in [1.54, 1.807) is 12.1 Å². The standard InChI is InChI=1S/C11H11N3O2S/c1-5-2-3-6-7(4-5)14(11(13)16)10(17)8(6)9(12)15/h2-4,8H,1H3,(H2,12,15)(H2,13,16). The van der Waals surface area contributed by atoms with Crippen molar-refractivity contribution in [3.8, 4) is 0 Å². The van der Waals surface area contributed by atoms with Crippen molar-refractivity contribution in [1.82, 2.24) is 0 Å². The molecule has 88 valence electrons. The zero-order valence-electron chi connectivity index (χ0n) is 9.14. The van der Waals surface area contributed by atoms with Crippen LogP contribution in [0.3, 0.4) is 0 Å². The number of urea groups is 1. The summed E-state index contributed by atoms with van der Waals surface area (Å²) >= 11 is 5.09. The number of hydrogen-bond acceptors (Lipinski definition) is 3. The summed E-state index contributed by atoms with van der Waals surface area (Å²) in [5, 5.41) is 0. The molecule has 0 radical (unpaired) electrons. The number of amides is 3. The number of thiocarbonyl (C=S) groups is 1. The molecular weight excluding hydrogens is 238 g/mol. The van der Waals surface area contributed by atoms with Gasteiger partial charge in [-0.25, -0.2) is 4.79 Å². The minimum absolute atomic E-state index is 0.144. The Kier molecular flexibility index (Phi) is 2.59. The maximum Gasteiger partial charge on any atom is 0.324 e. The normalized spacial score (nSPS) is 18.1. The minimum Gasteiger partial charge on any atom is -0.369 e. The number of benzene rings is 1. The molecule has 0 bridgehead atoms. The number of hydrogen-bond donors (Lipinski definition) is 2. The second-order valence-corrected chi connectivity index (χ2v) is 4.33. The monoisotopic (exact) mass is 249 g/mol. The van der Waals surface area contributed by atoms with Gasteiger partial charge in [0, 0.05) is 0 Å². The lowest BCUT2D eigenvalue weighted by atomic mass is 10.00. The summed E-state index contributed by atoms with van der Waals surface area (Å²) in [5.74, 6) is -1.34. The SMILES string of the molecule is Cc1ccc2c(c1)N(C(N)=O)C(=S)C2C(N)=O. The molecule has 1 aromatic carbocycles. The van der Waals surface area contributed by atoms with E-state index in [-0.39, 0.29) is 4.99 Å². The number of nitrogens with zero attached hydrogens (tertiary/aromatic N) is 1. The van der Waals surface area contributed by atoms with E-state index in [9.17, 15) is 9.59 Å². The van der Waals surface area contributed by atoms with Crippen molar-refractivity contribution in [3.05, 3.63) is 29.3 Å². The summed E-state index contributed by atoms with van der Waals surface area (Å²) in [5.41, 5.74) is 12.7. The highest BCUT2D eigenvalue weighted by molar-refractivity contribution is 7.81. The van der Waals surface area contributed by atoms with E-state index in [1.807, 2.05) is 13.0 Å². The Morgan fingerprint density at radius 1 is 1.35 bits per heavy atom. The van der Waals surface area contributed by atoms with Crippen LogP contribution in [-0.2, 0) is 4.79 Å². The van der Waals surface area contributed by atoms with Crippen molar-refractivity contribution in [2.24, 2.45) is 11.5 Å². The minimum atomic E-state index is -0.756. The third-order valence-corrected chi connectivity index (χ3v) is 3.13. The summed E-state index contributed by atoms with van der Waals surface area (Å²) in [6, 6.07) is 4.64. The molecular formula is C11H11N3O2S. The van der Waals surface area contributed by atoms with Gasteiger partial charge in [-0.2, -0.15) is 0 Å². The Bertz CT molecular complexity index is 542. The Labute approximate surface area is 103 Å². The first-order valence-electron chi connectivity index (χ1n) is 4.96. The molecule has 1 aromatic rings. The van der Waals surface area contributed by atoms with Crippen LogP contribution in [0, 0.1) is 6.92 Å². The fourth-order valence-electron chi connectivity index (χ4n) is 1.97. The van der Waals surface area contributed by atoms with Crippen molar-refractivity contribution < 1.29 is 9.59 Å². The first kappa shape index (κ1) is 11.5. The average Bonchev–Trinajstić information content (AvgIpc) is 2.48. The quantitative estimate of drug-likeness (QED) is 0.721. The Morgan fingerprint density at radius 2 is 2.00 bits per heavy atom. The molecule has 0 saturated carbocycles. The molecule has 0 spiro atoms. The van der Waals surface area contributed by atoms with Crippen LogP contribution in [0.2, 0.25) is 0 Å². The largest absolute Gasteiger partial charge is 0.369 e. The molecule has 1 atom stereocenters. The molecule has 4 N–H and O–H groups in total. The molecule has 1 unspecified atom stereocenters. The van der Waals surface area contributed by atoms with Gasteiger partial charge in [-0.05, 0) is 24.1 Å². The van der Waals surface area contributed by atoms with Crippen LogP contribution in [0.25, 0.3) is 0 Å². The highest BCUT2D eigenvalue weighted by Crippen LogP contribution is 2.38. The summed E-state index contributed by atoms with van der Waals surface area (Å²) in [7, 11) is 0. The predicted octanol–water partition coefficient (Wildman–Crippen LogP) is 0.790. The molecule has 0 aliphatic carbocycles. The maximum absolute atomic E-state index is 11.4. The molecule has 0 fully saturated rings. The first-order chi connectivity index (χ1) is 7.93. The van der Waals surface area contributed by atoms with Crippen molar-refractivity contribution in [2.75, 3.05) is 4.90 Å². The van der Waals surface area contributed by atoms with Gasteiger partial charge in [-0.3, -0.25) is 9.69 Å². The van der Waals surface area contributed by atoms with Crippen LogP contribution in [-0.4, -0.2) is 16.9 Å². The van der Waals surface area contributed by atoms with E-state index in [0.717, 1.165) is 10.5 Å². The molecule has 17 heavy (non-hydrogen) atoms. The van der Waals surface area contributed by atoms with Gasteiger partial charge in [0.25, 0.3) is 0 Å². The number of nitrogens with two attached hydrogens (primary N) is 2. The fourth-order valence-corrected chi connectivity index (χ4v) is 2.41. The van der Waals surface area contributed by atoms with Crippen molar-refractivity contribution in [2.45, 2.75) is 12.8 Å². The highest BCUT2D eigenvalue weighted by Gasteiger charge is 2.39. The van der Waals surface area contributed by atoms with E-state index < -0.39 is 17.9 Å². The number of rotatable bonds is 1. The lowest BCUT2D eigenvalue weighted by Crippen LogP contribution is -2.40. The van der Waals surface area contributed by atoms with Gasteiger partial charge in [0.2, 0.25) is 5.91 Å². The van der Waals surface area contributed by atoms with Crippen LogP contribution in [0.15, 0.2) is 18.2 Å². The van der Waals surface area contributed by atoms with Crippen LogP contribution in [0.5, 0.6) is 0 Å². The lowest BCUT2D eigenvalue weighted by Gasteiger charge is -2.14. The number of carbonyl (C=O) groups is 2. The van der Waals surface area contributed by atoms with Crippen LogP contribution in [0.1, 0.15) is 17.0 Å². The number of carbonyl (C=O) groups excluding carboxylic acids is 2. The maximum atomic E-state index is 11.4. The van der Waals surface area contributed by atoms with Gasteiger partial charge in [0.05, 0.1) is 5.69 Å². The number of aryl methyl sites for hydroxylation is 1. The van der Waals surface area contributed by atoms with Crippen LogP contribution >= 0.6 is 12.2 Å². The van der Waals surface area contributed by atoms with E-state index >= 15 is 0 Å².